The molecule has 1 aliphatic rings. The van der Waals surface area contributed by atoms with Gasteiger partial charge in [0, 0.05) is 28.1 Å². The molecule has 0 fully saturated rings. The summed E-state index contributed by atoms with van der Waals surface area (Å²) in [5, 5.41) is 0. The first kappa shape index (κ1) is 15.3. The molecule has 5 heteroatoms. The number of para-hydroxylation sites is 1. The van der Waals surface area contributed by atoms with Crippen molar-refractivity contribution in [2.45, 2.75) is 25.3 Å². The van der Waals surface area contributed by atoms with Crippen LogP contribution in [-0.4, -0.2) is 13.1 Å². The molecule has 0 radical (unpaired) electrons. The Morgan fingerprint density at radius 1 is 1.33 bits per heavy atom. The molecule has 0 aliphatic carbocycles. The molecule has 21 heavy (non-hydrogen) atoms. The Kier molecular flexibility index (Phi) is 4.89. The summed E-state index contributed by atoms with van der Waals surface area (Å²) in [4.78, 5) is 3.68. The van der Waals surface area contributed by atoms with Crippen molar-refractivity contribution in [2.24, 2.45) is 5.73 Å². The first-order valence-corrected chi connectivity index (χ1v) is 9.19. The van der Waals surface area contributed by atoms with Gasteiger partial charge in [-0.25, -0.2) is 0 Å². The van der Waals surface area contributed by atoms with Crippen LogP contribution >= 0.6 is 38.9 Å². The number of benzene rings is 1. The van der Waals surface area contributed by atoms with E-state index in [1.807, 2.05) is 0 Å². The van der Waals surface area contributed by atoms with Crippen molar-refractivity contribution in [3.63, 3.8) is 0 Å². The number of fused-ring (bicyclic) bond motifs is 1. The third-order valence-electron chi connectivity index (χ3n) is 3.99. The zero-order valence-corrected chi connectivity index (χ0v) is 14.8. The molecule has 2 nitrogen and oxygen atoms in total. The monoisotopic (exact) mass is 384 g/mol. The second kappa shape index (κ2) is 6.69. The van der Waals surface area contributed by atoms with E-state index in [9.17, 15) is 0 Å². The minimum Gasteiger partial charge on any atom is -0.362 e. The highest BCUT2D eigenvalue weighted by Gasteiger charge is 2.25. The van der Waals surface area contributed by atoms with Crippen molar-refractivity contribution in [1.82, 2.24) is 0 Å². The van der Waals surface area contributed by atoms with Gasteiger partial charge in [-0.1, -0.05) is 29.8 Å². The van der Waals surface area contributed by atoms with Gasteiger partial charge in [-0.05, 0) is 52.9 Å². The van der Waals surface area contributed by atoms with Crippen molar-refractivity contribution in [2.75, 3.05) is 18.0 Å². The minimum atomic E-state index is 0.193. The number of halogens is 2. The van der Waals surface area contributed by atoms with Crippen LogP contribution in [0.15, 0.2) is 34.8 Å². The van der Waals surface area contributed by atoms with E-state index in [0.29, 0.717) is 6.54 Å². The molecular formula is C16H18BrClN2S. The van der Waals surface area contributed by atoms with Gasteiger partial charge >= 0.3 is 0 Å². The molecule has 1 aliphatic heterocycles. The van der Waals surface area contributed by atoms with Crippen LogP contribution in [0.2, 0.25) is 4.34 Å². The summed E-state index contributed by atoms with van der Waals surface area (Å²) in [6.45, 7) is 1.64. The van der Waals surface area contributed by atoms with E-state index in [4.69, 9.17) is 17.3 Å². The van der Waals surface area contributed by atoms with Crippen molar-refractivity contribution in [3.8, 4) is 0 Å². The number of nitrogens with zero attached hydrogens (tertiary/aromatic N) is 1. The topological polar surface area (TPSA) is 29.3 Å². The maximum atomic E-state index is 6.21. The lowest BCUT2D eigenvalue weighted by Gasteiger charge is -2.32. The van der Waals surface area contributed by atoms with Gasteiger partial charge in [0.05, 0.1) is 6.04 Å². The van der Waals surface area contributed by atoms with Gasteiger partial charge in [-0.3, -0.25) is 0 Å². The molecule has 0 bridgehead atoms. The van der Waals surface area contributed by atoms with Crippen LogP contribution in [0.5, 0.6) is 0 Å². The van der Waals surface area contributed by atoms with Crippen molar-refractivity contribution < 1.29 is 0 Å². The van der Waals surface area contributed by atoms with Crippen LogP contribution in [0.1, 0.15) is 29.3 Å². The van der Waals surface area contributed by atoms with Crippen molar-refractivity contribution in [1.29, 1.82) is 0 Å². The molecule has 1 unspecified atom stereocenters. The molecule has 2 aromatic rings. The molecule has 3 rings (SSSR count). The Morgan fingerprint density at radius 2 is 2.14 bits per heavy atom. The van der Waals surface area contributed by atoms with Gasteiger partial charge in [0.25, 0.3) is 0 Å². The highest BCUT2D eigenvalue weighted by molar-refractivity contribution is 9.10. The van der Waals surface area contributed by atoms with Crippen LogP contribution in [0.4, 0.5) is 5.69 Å². The number of aryl methyl sites for hydroxylation is 1. The lowest BCUT2D eigenvalue weighted by Crippen LogP contribution is -2.34. The fraction of sp³-hybridized carbons (Fsp3) is 0.375. The Labute approximate surface area is 143 Å². The summed E-state index contributed by atoms with van der Waals surface area (Å²) in [5.74, 6) is 0. The zero-order chi connectivity index (χ0) is 14.8. The molecule has 1 aromatic carbocycles. The SMILES string of the molecule is NCC(c1cc(Br)c(Cl)s1)N1CCCCc2ccccc21. The normalized spacial score (nSPS) is 16.4. The number of nitrogens with two attached hydrogens (primary N) is 1. The van der Waals surface area contributed by atoms with E-state index in [2.05, 4.69) is 51.2 Å². The maximum Gasteiger partial charge on any atom is 0.107 e. The fourth-order valence-electron chi connectivity index (χ4n) is 2.97. The predicted molar refractivity (Wildman–Crippen MR) is 95.6 cm³/mol. The third-order valence-corrected chi connectivity index (χ3v) is 6.56. The van der Waals surface area contributed by atoms with E-state index >= 15 is 0 Å². The van der Waals surface area contributed by atoms with E-state index < -0.39 is 0 Å². The standard InChI is InChI=1S/C16H18BrClN2S/c17-12-9-15(21-16(12)18)14(10-19)20-8-4-3-6-11-5-1-2-7-13(11)20/h1-2,5,7,9,14H,3-4,6,8,10,19H2. The van der Waals surface area contributed by atoms with Crippen LogP contribution < -0.4 is 10.6 Å². The molecule has 112 valence electrons. The van der Waals surface area contributed by atoms with Gasteiger partial charge in [0.1, 0.15) is 4.34 Å². The molecule has 0 spiro atoms. The lowest BCUT2D eigenvalue weighted by atomic mass is 10.1. The molecule has 1 aromatic heterocycles. The first-order chi connectivity index (χ1) is 10.2. The van der Waals surface area contributed by atoms with Crippen LogP contribution in [-0.2, 0) is 6.42 Å². The summed E-state index contributed by atoms with van der Waals surface area (Å²) in [7, 11) is 0. The van der Waals surface area contributed by atoms with Crippen molar-refractivity contribution >= 4 is 44.6 Å². The number of thiophene rings is 1. The van der Waals surface area contributed by atoms with Gasteiger partial charge in [0.2, 0.25) is 0 Å². The summed E-state index contributed by atoms with van der Waals surface area (Å²) in [5.41, 5.74) is 8.86. The van der Waals surface area contributed by atoms with E-state index in [1.54, 1.807) is 11.3 Å². The van der Waals surface area contributed by atoms with Gasteiger partial charge < -0.3 is 10.6 Å². The van der Waals surface area contributed by atoms with E-state index in [0.717, 1.165) is 21.8 Å². The van der Waals surface area contributed by atoms with Crippen LogP contribution in [0.25, 0.3) is 0 Å². The van der Waals surface area contributed by atoms with Crippen molar-refractivity contribution in [3.05, 3.63) is 49.6 Å². The number of rotatable bonds is 3. The van der Waals surface area contributed by atoms with Gasteiger partial charge in [-0.15, -0.1) is 11.3 Å². The molecule has 0 saturated heterocycles. The predicted octanol–water partition coefficient (Wildman–Crippen LogP) is 5.01. The molecule has 1 atom stereocenters. The summed E-state index contributed by atoms with van der Waals surface area (Å²) >= 11 is 11.3. The second-order valence-corrected chi connectivity index (χ2v) is 7.84. The average molecular weight is 386 g/mol. The van der Waals surface area contributed by atoms with Gasteiger partial charge in [-0.2, -0.15) is 0 Å². The second-order valence-electron chi connectivity index (χ2n) is 5.30. The minimum absolute atomic E-state index is 0.193. The molecule has 2 heterocycles. The number of hydrogen-bond acceptors (Lipinski definition) is 3. The Morgan fingerprint density at radius 3 is 2.86 bits per heavy atom. The summed E-state index contributed by atoms with van der Waals surface area (Å²) in [6, 6.07) is 11.0. The average Bonchev–Trinajstić information content (AvgIpc) is 2.71. The molecule has 0 amide bonds. The van der Waals surface area contributed by atoms with Crippen LogP contribution in [0.3, 0.4) is 0 Å². The van der Waals surface area contributed by atoms with Crippen LogP contribution in [0, 0.1) is 0 Å². The third kappa shape index (κ3) is 3.14. The Bertz CT molecular complexity index is 609. The lowest BCUT2D eigenvalue weighted by molar-refractivity contribution is 0.618. The smallest absolute Gasteiger partial charge is 0.107 e. The maximum absolute atomic E-state index is 6.21. The zero-order valence-electron chi connectivity index (χ0n) is 11.7. The Hall–Kier alpha value is -0.550. The van der Waals surface area contributed by atoms with Gasteiger partial charge in [0.15, 0.2) is 0 Å². The van der Waals surface area contributed by atoms with E-state index in [-0.39, 0.29) is 6.04 Å². The summed E-state index contributed by atoms with van der Waals surface area (Å²) < 4.78 is 1.76. The highest BCUT2D eigenvalue weighted by Crippen LogP contribution is 2.39. The fourth-order valence-corrected chi connectivity index (χ4v) is 4.83. The highest BCUT2D eigenvalue weighted by atomic mass is 79.9. The first-order valence-electron chi connectivity index (χ1n) is 7.20. The summed E-state index contributed by atoms with van der Waals surface area (Å²) in [6.07, 6.45) is 3.59. The largest absolute Gasteiger partial charge is 0.362 e. The Balaban J connectivity index is 2.00. The molecule has 2 N–H and O–H groups in total. The number of hydrogen-bond donors (Lipinski definition) is 1. The number of anilines is 1. The quantitative estimate of drug-likeness (QED) is 0.805. The molecule has 0 saturated carbocycles. The molecular weight excluding hydrogens is 368 g/mol. The van der Waals surface area contributed by atoms with E-state index in [1.165, 1.54) is 29.0 Å².